The van der Waals surface area contributed by atoms with Crippen molar-refractivity contribution in [1.82, 2.24) is 0 Å². The average Bonchev–Trinajstić information content (AvgIpc) is 2.44. The average molecular weight is 287 g/mol. The molecule has 4 heteroatoms. The van der Waals surface area contributed by atoms with Gasteiger partial charge in [-0.05, 0) is 55.3 Å². The summed E-state index contributed by atoms with van der Waals surface area (Å²) < 4.78 is 26.0. The number of benzene rings is 2. The van der Waals surface area contributed by atoms with E-state index in [2.05, 4.69) is 0 Å². The minimum absolute atomic E-state index is 0.0733. The zero-order valence-electron chi connectivity index (χ0n) is 11.3. The number of aryl methyl sites for hydroxylation is 2. The summed E-state index contributed by atoms with van der Waals surface area (Å²) in [5.41, 5.74) is 2.87. The Hall–Kier alpha value is -1.99. The van der Waals surface area contributed by atoms with Crippen molar-refractivity contribution in [2.75, 3.05) is 0 Å². The molecule has 0 N–H and O–H groups in total. The van der Waals surface area contributed by atoms with E-state index < -0.39 is 16.6 Å². The van der Waals surface area contributed by atoms with Crippen molar-refractivity contribution in [3.05, 3.63) is 64.5 Å². The van der Waals surface area contributed by atoms with Gasteiger partial charge in [-0.25, -0.2) is 4.39 Å². The molecule has 0 saturated carbocycles. The fourth-order valence-corrected chi connectivity index (χ4v) is 3.03. The van der Waals surface area contributed by atoms with Crippen LogP contribution >= 0.6 is 0 Å². The lowest BCUT2D eigenvalue weighted by atomic mass is 10.1. The van der Waals surface area contributed by atoms with E-state index in [4.69, 9.17) is 5.26 Å². The first kappa shape index (κ1) is 14.4. The summed E-state index contributed by atoms with van der Waals surface area (Å²) in [4.78, 5) is 0.676. The number of hydrogen-bond acceptors (Lipinski definition) is 2. The lowest BCUT2D eigenvalue weighted by molar-refractivity contribution is 0.615. The van der Waals surface area contributed by atoms with Gasteiger partial charge in [0.1, 0.15) is 5.82 Å². The van der Waals surface area contributed by atoms with Crippen molar-refractivity contribution >= 4 is 10.8 Å². The second-order valence-corrected chi connectivity index (χ2v) is 6.11. The summed E-state index contributed by atoms with van der Waals surface area (Å²) in [6.07, 6.45) is 0. The lowest BCUT2D eigenvalue weighted by Crippen LogP contribution is -2.00. The summed E-state index contributed by atoms with van der Waals surface area (Å²) >= 11 is 0. The smallest absolute Gasteiger partial charge is 0.127 e. The highest BCUT2D eigenvalue weighted by Crippen LogP contribution is 2.18. The molecule has 2 aromatic rings. The van der Waals surface area contributed by atoms with Crippen molar-refractivity contribution in [1.29, 1.82) is 5.26 Å². The molecule has 0 aliphatic carbocycles. The fraction of sp³-hybridized carbons (Fsp3) is 0.188. The Kier molecular flexibility index (Phi) is 4.31. The molecule has 0 aliphatic rings. The van der Waals surface area contributed by atoms with Crippen LogP contribution in [-0.4, -0.2) is 4.21 Å². The van der Waals surface area contributed by atoms with E-state index in [0.29, 0.717) is 16.0 Å². The highest BCUT2D eigenvalue weighted by molar-refractivity contribution is 7.84. The Morgan fingerprint density at radius 3 is 2.55 bits per heavy atom. The Balaban J connectivity index is 2.28. The Morgan fingerprint density at radius 1 is 1.15 bits per heavy atom. The quantitative estimate of drug-likeness (QED) is 0.865. The second kappa shape index (κ2) is 5.98. The van der Waals surface area contributed by atoms with Crippen molar-refractivity contribution in [2.45, 2.75) is 24.5 Å². The van der Waals surface area contributed by atoms with Crippen LogP contribution in [-0.2, 0) is 16.6 Å². The molecule has 1 atom stereocenters. The molecule has 20 heavy (non-hydrogen) atoms. The molecule has 0 aromatic heterocycles. The van der Waals surface area contributed by atoms with Crippen molar-refractivity contribution in [3.63, 3.8) is 0 Å². The SMILES string of the molecule is Cc1ccc(S(=O)Cc2cc(C#N)ccc2F)cc1C. The first-order chi connectivity index (χ1) is 9.51. The van der Waals surface area contributed by atoms with Gasteiger partial charge in [0.2, 0.25) is 0 Å². The van der Waals surface area contributed by atoms with Gasteiger partial charge < -0.3 is 0 Å². The van der Waals surface area contributed by atoms with Crippen molar-refractivity contribution < 1.29 is 8.60 Å². The molecule has 0 spiro atoms. The van der Waals surface area contributed by atoms with E-state index in [1.54, 1.807) is 6.07 Å². The summed E-state index contributed by atoms with van der Waals surface area (Å²) in [5, 5.41) is 8.82. The lowest BCUT2D eigenvalue weighted by Gasteiger charge is -2.07. The number of nitrogens with zero attached hydrogens (tertiary/aromatic N) is 1. The molecule has 2 rings (SSSR count). The molecule has 1 unspecified atom stereocenters. The van der Waals surface area contributed by atoms with Crippen LogP contribution in [0.15, 0.2) is 41.3 Å². The van der Waals surface area contributed by atoms with E-state index in [-0.39, 0.29) is 5.75 Å². The molecule has 0 fully saturated rings. The Bertz CT molecular complexity index is 719. The molecular formula is C16H14FNOS. The zero-order chi connectivity index (χ0) is 14.7. The Labute approximate surface area is 120 Å². The largest absolute Gasteiger partial charge is 0.254 e. The van der Waals surface area contributed by atoms with Crippen molar-refractivity contribution in [3.8, 4) is 6.07 Å². The summed E-state index contributed by atoms with van der Waals surface area (Å²) in [5.74, 6) is -0.356. The van der Waals surface area contributed by atoms with Gasteiger partial charge in [0.15, 0.2) is 0 Å². The van der Waals surface area contributed by atoms with E-state index in [0.717, 1.165) is 11.1 Å². The van der Waals surface area contributed by atoms with Crippen LogP contribution in [0.5, 0.6) is 0 Å². The van der Waals surface area contributed by atoms with Gasteiger partial charge in [-0.2, -0.15) is 5.26 Å². The maximum absolute atomic E-state index is 13.7. The van der Waals surface area contributed by atoms with Crippen LogP contribution < -0.4 is 0 Å². The van der Waals surface area contributed by atoms with Gasteiger partial charge in [0.05, 0.1) is 28.2 Å². The predicted molar refractivity (Wildman–Crippen MR) is 77.1 cm³/mol. The topological polar surface area (TPSA) is 40.9 Å². The van der Waals surface area contributed by atoms with Gasteiger partial charge in [-0.15, -0.1) is 0 Å². The van der Waals surface area contributed by atoms with Crippen LogP contribution in [0.25, 0.3) is 0 Å². The minimum atomic E-state index is -1.32. The Morgan fingerprint density at radius 2 is 1.90 bits per heavy atom. The molecule has 2 aromatic carbocycles. The van der Waals surface area contributed by atoms with Crippen LogP contribution in [0.4, 0.5) is 4.39 Å². The monoisotopic (exact) mass is 287 g/mol. The molecule has 0 saturated heterocycles. The highest BCUT2D eigenvalue weighted by atomic mass is 32.2. The van der Waals surface area contributed by atoms with Gasteiger partial charge in [-0.3, -0.25) is 4.21 Å². The molecule has 2 nitrogen and oxygen atoms in total. The summed E-state index contributed by atoms with van der Waals surface area (Å²) in [7, 11) is -1.32. The van der Waals surface area contributed by atoms with Crippen molar-refractivity contribution in [2.24, 2.45) is 0 Å². The predicted octanol–water partition coefficient (Wildman–Crippen LogP) is 3.62. The van der Waals surface area contributed by atoms with Gasteiger partial charge in [0.25, 0.3) is 0 Å². The molecule has 0 bridgehead atoms. The standard InChI is InChI=1S/C16H14FNOS/c1-11-3-5-15(7-12(11)2)20(19)10-14-8-13(9-18)4-6-16(14)17/h3-8H,10H2,1-2H3. The third kappa shape index (κ3) is 3.12. The summed E-state index contributed by atoms with van der Waals surface area (Å²) in [6.45, 7) is 3.94. The third-order valence-corrected chi connectivity index (χ3v) is 4.56. The van der Waals surface area contributed by atoms with E-state index in [1.165, 1.54) is 18.2 Å². The van der Waals surface area contributed by atoms with E-state index in [1.807, 2.05) is 32.0 Å². The van der Waals surface area contributed by atoms with E-state index in [9.17, 15) is 8.60 Å². The van der Waals surface area contributed by atoms with Crippen LogP contribution in [0.3, 0.4) is 0 Å². The normalized spacial score (nSPS) is 11.9. The first-order valence-corrected chi connectivity index (χ1v) is 7.47. The first-order valence-electron chi connectivity index (χ1n) is 6.15. The number of nitriles is 1. The zero-order valence-corrected chi connectivity index (χ0v) is 12.1. The fourth-order valence-electron chi connectivity index (χ4n) is 1.83. The molecule has 102 valence electrons. The van der Waals surface area contributed by atoms with Gasteiger partial charge in [-0.1, -0.05) is 6.07 Å². The van der Waals surface area contributed by atoms with Crippen LogP contribution in [0.2, 0.25) is 0 Å². The van der Waals surface area contributed by atoms with Gasteiger partial charge >= 0.3 is 0 Å². The molecular weight excluding hydrogens is 273 g/mol. The van der Waals surface area contributed by atoms with Gasteiger partial charge in [0, 0.05) is 10.5 Å². The number of halogens is 1. The van der Waals surface area contributed by atoms with Crippen LogP contribution in [0, 0.1) is 31.0 Å². The molecule has 0 aliphatic heterocycles. The highest BCUT2D eigenvalue weighted by Gasteiger charge is 2.10. The molecule has 0 heterocycles. The molecule has 0 amide bonds. The summed E-state index contributed by atoms with van der Waals surface area (Å²) in [6, 6.07) is 11.6. The van der Waals surface area contributed by atoms with Crippen LogP contribution in [0.1, 0.15) is 22.3 Å². The minimum Gasteiger partial charge on any atom is -0.254 e. The maximum Gasteiger partial charge on any atom is 0.127 e. The maximum atomic E-state index is 13.7. The van der Waals surface area contributed by atoms with E-state index >= 15 is 0 Å². The second-order valence-electron chi connectivity index (χ2n) is 4.65. The molecule has 0 radical (unpaired) electrons. The number of hydrogen-bond donors (Lipinski definition) is 0. The number of rotatable bonds is 3. The third-order valence-electron chi connectivity index (χ3n) is 3.20.